The summed E-state index contributed by atoms with van der Waals surface area (Å²) >= 11 is 0. The minimum atomic E-state index is -1.06. The SMILES string of the molecule is CCOC(=O)CC[C@@H](CC(C)C)NC(=O)[C@H](Cc1cnc[nH]1)NC(=O)[C@H](Cc1cccc2ccccc12)NC(=O)OCc1ccccc1. The third-order valence-electron chi connectivity index (χ3n) is 7.84. The van der Waals surface area contributed by atoms with Gasteiger partial charge in [0.05, 0.1) is 12.9 Å². The van der Waals surface area contributed by atoms with Gasteiger partial charge in [-0.15, -0.1) is 0 Å². The fraction of sp³-hybridized carbons (Fsp3) is 0.378. The van der Waals surface area contributed by atoms with E-state index >= 15 is 0 Å². The fourth-order valence-electron chi connectivity index (χ4n) is 5.55. The van der Waals surface area contributed by atoms with Crippen LogP contribution in [-0.2, 0) is 43.3 Å². The highest BCUT2D eigenvalue weighted by molar-refractivity contribution is 5.93. The molecule has 1 heterocycles. The maximum Gasteiger partial charge on any atom is 0.408 e. The summed E-state index contributed by atoms with van der Waals surface area (Å²) in [5, 5.41) is 10.6. The van der Waals surface area contributed by atoms with Crippen molar-refractivity contribution >= 4 is 34.6 Å². The van der Waals surface area contributed by atoms with Crippen molar-refractivity contribution in [2.45, 2.75) is 77.6 Å². The van der Waals surface area contributed by atoms with E-state index in [0.717, 1.165) is 21.9 Å². The lowest BCUT2D eigenvalue weighted by atomic mass is 9.97. The number of carbonyl (C=O) groups is 4. The molecule has 0 fully saturated rings. The number of hydrogen-bond donors (Lipinski definition) is 4. The number of fused-ring (bicyclic) bond motifs is 1. The first-order chi connectivity index (χ1) is 23.2. The maximum absolute atomic E-state index is 14.0. The van der Waals surface area contributed by atoms with Crippen molar-refractivity contribution in [3.05, 3.63) is 102 Å². The van der Waals surface area contributed by atoms with Gasteiger partial charge < -0.3 is 30.4 Å². The van der Waals surface area contributed by atoms with E-state index in [9.17, 15) is 19.2 Å². The van der Waals surface area contributed by atoms with Crippen molar-refractivity contribution in [1.29, 1.82) is 0 Å². The number of rotatable bonds is 17. The molecule has 0 radical (unpaired) electrons. The second-order valence-electron chi connectivity index (χ2n) is 12.1. The van der Waals surface area contributed by atoms with E-state index in [4.69, 9.17) is 9.47 Å². The zero-order valence-corrected chi connectivity index (χ0v) is 27.7. The van der Waals surface area contributed by atoms with Crippen LogP contribution < -0.4 is 16.0 Å². The monoisotopic (exact) mass is 655 g/mol. The number of nitrogens with zero attached hydrogens (tertiary/aromatic N) is 1. The number of amides is 3. The highest BCUT2D eigenvalue weighted by atomic mass is 16.5. The highest BCUT2D eigenvalue weighted by Crippen LogP contribution is 2.20. The van der Waals surface area contributed by atoms with Gasteiger partial charge in [0.25, 0.3) is 0 Å². The number of benzene rings is 3. The topological polar surface area (TPSA) is 152 Å². The Morgan fingerprint density at radius 3 is 2.25 bits per heavy atom. The van der Waals surface area contributed by atoms with Crippen molar-refractivity contribution in [2.75, 3.05) is 6.61 Å². The molecule has 48 heavy (non-hydrogen) atoms. The normalized spacial score (nSPS) is 12.9. The smallest absolute Gasteiger partial charge is 0.408 e. The molecule has 4 aromatic rings. The first kappa shape index (κ1) is 35.7. The zero-order chi connectivity index (χ0) is 34.3. The Balaban J connectivity index is 1.55. The Labute approximate surface area is 281 Å². The summed E-state index contributed by atoms with van der Waals surface area (Å²) in [6.07, 6.45) is 3.80. The maximum atomic E-state index is 14.0. The van der Waals surface area contributed by atoms with Gasteiger partial charge in [0.15, 0.2) is 0 Å². The van der Waals surface area contributed by atoms with Crippen LogP contribution in [0.2, 0.25) is 0 Å². The van der Waals surface area contributed by atoms with Crippen LogP contribution in [0.4, 0.5) is 4.79 Å². The minimum absolute atomic E-state index is 0.0309. The Morgan fingerprint density at radius 2 is 1.52 bits per heavy atom. The average Bonchev–Trinajstić information content (AvgIpc) is 3.59. The average molecular weight is 656 g/mol. The van der Waals surface area contributed by atoms with E-state index in [1.165, 1.54) is 6.33 Å². The van der Waals surface area contributed by atoms with Crippen LogP contribution in [0.3, 0.4) is 0 Å². The molecule has 0 aliphatic heterocycles. The molecule has 0 unspecified atom stereocenters. The van der Waals surface area contributed by atoms with Gasteiger partial charge in [-0.05, 0) is 47.6 Å². The van der Waals surface area contributed by atoms with Crippen LogP contribution in [0.25, 0.3) is 10.8 Å². The van der Waals surface area contributed by atoms with Gasteiger partial charge in [0.1, 0.15) is 18.7 Å². The quantitative estimate of drug-likeness (QED) is 0.117. The number of imidazole rings is 1. The van der Waals surface area contributed by atoms with Crippen molar-refractivity contribution in [2.24, 2.45) is 5.92 Å². The van der Waals surface area contributed by atoms with Gasteiger partial charge in [-0.25, -0.2) is 9.78 Å². The van der Waals surface area contributed by atoms with Crippen LogP contribution in [0, 0.1) is 5.92 Å². The van der Waals surface area contributed by atoms with Crippen LogP contribution in [0.1, 0.15) is 56.9 Å². The summed E-state index contributed by atoms with van der Waals surface area (Å²) in [5.74, 6) is -1.05. The van der Waals surface area contributed by atoms with Crippen LogP contribution in [-0.4, -0.2) is 58.6 Å². The number of carbonyl (C=O) groups excluding carboxylic acids is 4. The van der Waals surface area contributed by atoms with E-state index in [1.807, 2.05) is 86.6 Å². The molecule has 11 heteroatoms. The van der Waals surface area contributed by atoms with Gasteiger partial charge in [0.2, 0.25) is 11.8 Å². The molecule has 0 spiro atoms. The van der Waals surface area contributed by atoms with E-state index in [2.05, 4.69) is 25.9 Å². The second-order valence-corrected chi connectivity index (χ2v) is 12.1. The van der Waals surface area contributed by atoms with Crippen molar-refractivity contribution in [3.8, 4) is 0 Å². The molecule has 0 saturated heterocycles. The number of alkyl carbamates (subject to hydrolysis) is 1. The van der Waals surface area contributed by atoms with E-state index in [0.29, 0.717) is 18.5 Å². The number of H-pyrrole nitrogens is 1. The molecule has 0 saturated carbocycles. The largest absolute Gasteiger partial charge is 0.466 e. The summed E-state index contributed by atoms with van der Waals surface area (Å²) in [6.45, 7) is 6.14. The molecular formula is C37H45N5O6. The highest BCUT2D eigenvalue weighted by Gasteiger charge is 2.30. The number of nitrogens with one attached hydrogen (secondary N) is 4. The minimum Gasteiger partial charge on any atom is -0.466 e. The summed E-state index contributed by atoms with van der Waals surface area (Å²) in [7, 11) is 0. The van der Waals surface area contributed by atoms with Crippen molar-refractivity contribution in [1.82, 2.24) is 25.9 Å². The number of esters is 1. The Hall–Kier alpha value is -5.19. The first-order valence-corrected chi connectivity index (χ1v) is 16.4. The third kappa shape index (κ3) is 11.3. The Morgan fingerprint density at radius 1 is 0.812 bits per heavy atom. The Kier molecular flexibility index (Phi) is 13.5. The van der Waals surface area contributed by atoms with Gasteiger partial charge in [-0.1, -0.05) is 86.6 Å². The molecule has 0 aliphatic carbocycles. The molecule has 254 valence electrons. The van der Waals surface area contributed by atoms with Gasteiger partial charge in [0, 0.05) is 37.2 Å². The summed E-state index contributed by atoms with van der Waals surface area (Å²) < 4.78 is 10.5. The predicted octanol–water partition coefficient (Wildman–Crippen LogP) is 5.00. The molecule has 3 atom stereocenters. The van der Waals surface area contributed by atoms with Gasteiger partial charge in [-0.2, -0.15) is 0 Å². The first-order valence-electron chi connectivity index (χ1n) is 16.4. The number of aromatic amines is 1. The van der Waals surface area contributed by atoms with Gasteiger partial charge >= 0.3 is 12.1 Å². The van der Waals surface area contributed by atoms with E-state index in [1.54, 1.807) is 13.1 Å². The van der Waals surface area contributed by atoms with Crippen LogP contribution in [0.15, 0.2) is 85.3 Å². The fourth-order valence-corrected chi connectivity index (χ4v) is 5.55. The number of ether oxygens (including phenoxy) is 2. The predicted molar refractivity (Wildman–Crippen MR) is 183 cm³/mol. The lowest BCUT2D eigenvalue weighted by molar-refractivity contribution is -0.143. The summed E-state index contributed by atoms with van der Waals surface area (Å²) in [6, 6.07) is 20.5. The molecular weight excluding hydrogens is 610 g/mol. The van der Waals surface area contributed by atoms with Crippen LogP contribution in [0.5, 0.6) is 0 Å². The number of aromatic nitrogens is 2. The lowest BCUT2D eigenvalue weighted by Crippen LogP contribution is -2.56. The Bertz CT molecular complexity index is 1620. The van der Waals surface area contributed by atoms with E-state index in [-0.39, 0.29) is 50.4 Å². The van der Waals surface area contributed by atoms with Gasteiger partial charge in [-0.3, -0.25) is 14.4 Å². The molecule has 0 aliphatic rings. The van der Waals surface area contributed by atoms with Crippen molar-refractivity contribution < 1.29 is 28.7 Å². The molecule has 3 aromatic carbocycles. The van der Waals surface area contributed by atoms with Crippen molar-refractivity contribution in [3.63, 3.8) is 0 Å². The number of hydrogen-bond acceptors (Lipinski definition) is 7. The summed E-state index contributed by atoms with van der Waals surface area (Å²) in [5.41, 5.74) is 2.29. The third-order valence-corrected chi connectivity index (χ3v) is 7.84. The molecule has 3 amide bonds. The molecule has 1 aromatic heterocycles. The molecule has 4 N–H and O–H groups in total. The van der Waals surface area contributed by atoms with E-state index < -0.39 is 30.0 Å². The summed E-state index contributed by atoms with van der Waals surface area (Å²) in [4.78, 5) is 60.0. The molecule has 4 rings (SSSR count). The molecule has 11 nitrogen and oxygen atoms in total. The molecule has 0 bridgehead atoms. The zero-order valence-electron chi connectivity index (χ0n) is 27.7. The van der Waals surface area contributed by atoms with Crippen LogP contribution >= 0.6 is 0 Å². The standard InChI is InChI=1S/C37H45N5O6/c1-4-47-34(43)18-17-29(19-25(2)3)40-35(44)33(21-30-22-38-24-39-30)41-36(45)32(42-37(46)48-23-26-11-6-5-7-12-26)20-28-15-10-14-27-13-8-9-16-31(27)28/h5-16,22,24-25,29,32-33H,4,17-21,23H2,1-3H3,(H,38,39)(H,40,44)(H,41,45)(H,42,46)/t29-,32-,33-/m0/s1. The lowest BCUT2D eigenvalue weighted by Gasteiger charge is -2.26. The second kappa shape index (κ2) is 18.2.